The molecule has 6 heteroatoms. The predicted octanol–water partition coefficient (Wildman–Crippen LogP) is 4.17. The lowest BCUT2D eigenvalue weighted by molar-refractivity contribution is -0.123. The number of hydrogen-bond donors (Lipinski definition) is 0. The zero-order valence-corrected chi connectivity index (χ0v) is 12.4. The standard InChI is InChI=1S/C15H10ClNO3S/c16-12-6-2-1-4-10(12)9-17-14(18)13(21-15(17)19)8-11-5-3-7-20-11/h1-8H,9H2/b13-8-. The highest BCUT2D eigenvalue weighted by molar-refractivity contribution is 8.18. The smallest absolute Gasteiger partial charge is 0.293 e. The first-order chi connectivity index (χ1) is 10.1. The summed E-state index contributed by atoms with van der Waals surface area (Å²) in [6.07, 6.45) is 3.08. The summed E-state index contributed by atoms with van der Waals surface area (Å²) in [6.45, 7) is 0.167. The first-order valence-corrected chi connectivity index (χ1v) is 7.37. The van der Waals surface area contributed by atoms with Gasteiger partial charge in [-0.2, -0.15) is 0 Å². The van der Waals surface area contributed by atoms with Crippen LogP contribution in [0.25, 0.3) is 6.08 Å². The van der Waals surface area contributed by atoms with Gasteiger partial charge in [0.2, 0.25) is 0 Å². The van der Waals surface area contributed by atoms with E-state index >= 15 is 0 Å². The summed E-state index contributed by atoms with van der Waals surface area (Å²) >= 11 is 6.96. The van der Waals surface area contributed by atoms with E-state index in [0.29, 0.717) is 15.7 Å². The highest BCUT2D eigenvalue weighted by atomic mass is 35.5. The van der Waals surface area contributed by atoms with Gasteiger partial charge < -0.3 is 4.42 Å². The molecule has 1 fully saturated rings. The van der Waals surface area contributed by atoms with E-state index in [-0.39, 0.29) is 17.7 Å². The molecular formula is C15H10ClNO3S. The van der Waals surface area contributed by atoms with Crippen LogP contribution in [0.3, 0.4) is 0 Å². The molecule has 0 bridgehead atoms. The Hall–Kier alpha value is -1.98. The van der Waals surface area contributed by atoms with Crippen LogP contribution in [0.5, 0.6) is 0 Å². The maximum atomic E-state index is 12.3. The maximum Gasteiger partial charge on any atom is 0.293 e. The van der Waals surface area contributed by atoms with E-state index in [1.54, 1.807) is 36.4 Å². The SMILES string of the molecule is O=C1S/C(=C\c2ccco2)C(=O)N1Cc1ccccc1Cl. The van der Waals surface area contributed by atoms with Crippen molar-refractivity contribution in [1.29, 1.82) is 0 Å². The largest absolute Gasteiger partial charge is 0.465 e. The lowest BCUT2D eigenvalue weighted by atomic mass is 10.2. The quantitative estimate of drug-likeness (QED) is 0.797. The molecule has 0 aliphatic carbocycles. The number of imide groups is 1. The summed E-state index contributed by atoms with van der Waals surface area (Å²) in [5.41, 5.74) is 0.737. The van der Waals surface area contributed by atoms with Gasteiger partial charge in [0.05, 0.1) is 17.7 Å². The van der Waals surface area contributed by atoms with E-state index in [9.17, 15) is 9.59 Å². The van der Waals surface area contributed by atoms with E-state index in [1.165, 1.54) is 11.2 Å². The molecule has 0 atom stereocenters. The third-order valence-corrected chi connectivity index (χ3v) is 4.25. The van der Waals surface area contributed by atoms with Crippen LogP contribution in [0.2, 0.25) is 5.02 Å². The number of carbonyl (C=O) groups is 2. The summed E-state index contributed by atoms with van der Waals surface area (Å²) in [5.74, 6) is 0.208. The third kappa shape index (κ3) is 2.89. The van der Waals surface area contributed by atoms with Crippen LogP contribution < -0.4 is 0 Å². The molecule has 0 spiro atoms. The van der Waals surface area contributed by atoms with Crippen molar-refractivity contribution in [1.82, 2.24) is 4.90 Å². The van der Waals surface area contributed by atoms with Gasteiger partial charge in [0, 0.05) is 11.1 Å². The Morgan fingerprint density at radius 2 is 2.00 bits per heavy atom. The highest BCUT2D eigenvalue weighted by Gasteiger charge is 2.35. The number of carbonyl (C=O) groups excluding carboxylic acids is 2. The molecule has 21 heavy (non-hydrogen) atoms. The monoisotopic (exact) mass is 319 g/mol. The predicted molar refractivity (Wildman–Crippen MR) is 81.7 cm³/mol. The van der Waals surface area contributed by atoms with Gasteiger partial charge >= 0.3 is 0 Å². The second-order valence-electron chi connectivity index (χ2n) is 4.37. The summed E-state index contributed by atoms with van der Waals surface area (Å²) in [6, 6.07) is 10.6. The minimum Gasteiger partial charge on any atom is -0.465 e. The minimum atomic E-state index is -0.332. The fraction of sp³-hybridized carbons (Fsp3) is 0.0667. The molecule has 2 heterocycles. The van der Waals surface area contributed by atoms with Gasteiger partial charge in [0.25, 0.3) is 11.1 Å². The topological polar surface area (TPSA) is 50.5 Å². The van der Waals surface area contributed by atoms with Gasteiger partial charge in [0.15, 0.2) is 0 Å². The number of amides is 2. The van der Waals surface area contributed by atoms with Crippen molar-refractivity contribution < 1.29 is 14.0 Å². The van der Waals surface area contributed by atoms with Crippen LogP contribution in [0.4, 0.5) is 4.79 Å². The molecule has 1 saturated heterocycles. The Morgan fingerprint density at radius 1 is 1.19 bits per heavy atom. The lowest BCUT2D eigenvalue weighted by Crippen LogP contribution is -2.27. The molecule has 3 rings (SSSR count). The Kier molecular flexibility index (Phi) is 3.86. The molecule has 1 aliphatic heterocycles. The van der Waals surface area contributed by atoms with Crippen molar-refractivity contribution in [2.75, 3.05) is 0 Å². The molecule has 106 valence electrons. The molecular weight excluding hydrogens is 310 g/mol. The summed E-state index contributed by atoms with van der Waals surface area (Å²) in [4.78, 5) is 25.8. The first kappa shape index (κ1) is 14.0. The molecule has 1 aliphatic rings. The van der Waals surface area contributed by atoms with Crippen LogP contribution in [0.15, 0.2) is 52.0 Å². The van der Waals surface area contributed by atoms with Crippen molar-refractivity contribution >= 4 is 40.6 Å². The van der Waals surface area contributed by atoms with E-state index in [4.69, 9.17) is 16.0 Å². The van der Waals surface area contributed by atoms with Crippen molar-refractivity contribution in [3.05, 3.63) is 63.9 Å². The van der Waals surface area contributed by atoms with Crippen LogP contribution in [-0.4, -0.2) is 16.0 Å². The Balaban J connectivity index is 1.83. The van der Waals surface area contributed by atoms with Crippen LogP contribution >= 0.6 is 23.4 Å². The van der Waals surface area contributed by atoms with E-state index in [1.807, 2.05) is 6.07 Å². The van der Waals surface area contributed by atoms with Gasteiger partial charge in [-0.3, -0.25) is 14.5 Å². The molecule has 0 saturated carbocycles. The van der Waals surface area contributed by atoms with Gasteiger partial charge in [-0.05, 0) is 35.5 Å². The summed E-state index contributed by atoms with van der Waals surface area (Å²) < 4.78 is 5.16. The zero-order chi connectivity index (χ0) is 14.8. The lowest BCUT2D eigenvalue weighted by Gasteiger charge is -2.13. The van der Waals surface area contributed by atoms with E-state index in [0.717, 1.165) is 17.3 Å². The second-order valence-corrected chi connectivity index (χ2v) is 5.78. The van der Waals surface area contributed by atoms with Gasteiger partial charge in [-0.1, -0.05) is 29.8 Å². The fourth-order valence-electron chi connectivity index (χ4n) is 1.94. The Morgan fingerprint density at radius 3 is 2.71 bits per heavy atom. The number of hydrogen-bond acceptors (Lipinski definition) is 4. The molecule has 0 N–H and O–H groups in total. The van der Waals surface area contributed by atoms with Crippen LogP contribution in [-0.2, 0) is 11.3 Å². The molecule has 1 aromatic heterocycles. The maximum absolute atomic E-state index is 12.3. The van der Waals surface area contributed by atoms with Crippen molar-refractivity contribution in [3.63, 3.8) is 0 Å². The van der Waals surface area contributed by atoms with Gasteiger partial charge in [-0.25, -0.2) is 0 Å². The number of benzene rings is 1. The highest BCUT2D eigenvalue weighted by Crippen LogP contribution is 2.34. The average molecular weight is 320 g/mol. The summed E-state index contributed by atoms with van der Waals surface area (Å²) in [7, 11) is 0. The molecule has 1 aromatic carbocycles. The van der Waals surface area contributed by atoms with Crippen molar-refractivity contribution in [2.24, 2.45) is 0 Å². The van der Waals surface area contributed by atoms with Gasteiger partial charge in [0.1, 0.15) is 5.76 Å². The molecule has 2 amide bonds. The zero-order valence-electron chi connectivity index (χ0n) is 10.8. The normalized spacial score (nSPS) is 17.0. The average Bonchev–Trinajstić information content (AvgIpc) is 3.05. The molecule has 2 aromatic rings. The molecule has 0 unspecified atom stereocenters. The molecule has 4 nitrogen and oxygen atoms in total. The van der Waals surface area contributed by atoms with E-state index < -0.39 is 0 Å². The van der Waals surface area contributed by atoms with Gasteiger partial charge in [-0.15, -0.1) is 0 Å². The summed E-state index contributed by atoms with van der Waals surface area (Å²) in [5, 5.41) is 0.226. The third-order valence-electron chi connectivity index (χ3n) is 2.98. The van der Waals surface area contributed by atoms with Crippen LogP contribution in [0, 0.1) is 0 Å². The minimum absolute atomic E-state index is 0.167. The van der Waals surface area contributed by atoms with Crippen LogP contribution in [0.1, 0.15) is 11.3 Å². The number of thioether (sulfide) groups is 1. The molecule has 0 radical (unpaired) electrons. The van der Waals surface area contributed by atoms with Crippen molar-refractivity contribution in [3.8, 4) is 0 Å². The first-order valence-electron chi connectivity index (χ1n) is 6.17. The second kappa shape index (κ2) is 5.79. The number of halogens is 1. The van der Waals surface area contributed by atoms with E-state index in [2.05, 4.69) is 0 Å². The number of rotatable bonds is 3. The number of nitrogens with zero attached hydrogens (tertiary/aromatic N) is 1. The fourth-order valence-corrected chi connectivity index (χ4v) is 2.95. The Bertz CT molecular complexity index is 724. The number of furan rings is 1. The van der Waals surface area contributed by atoms with Crippen molar-refractivity contribution in [2.45, 2.75) is 6.54 Å². The Labute approximate surface area is 130 Å².